The first kappa shape index (κ1) is 12.1. The molecule has 3 rings (SSSR count). The molecule has 0 radical (unpaired) electrons. The zero-order valence-corrected chi connectivity index (χ0v) is 10.8. The average molecular weight is 261 g/mol. The van der Waals surface area contributed by atoms with Crippen molar-refractivity contribution in [2.24, 2.45) is 0 Å². The summed E-state index contributed by atoms with van der Waals surface area (Å²) in [6, 6.07) is 4.68. The molecule has 0 bridgehead atoms. The number of rotatable bonds is 2. The predicted molar refractivity (Wildman–Crippen MR) is 71.6 cm³/mol. The van der Waals surface area contributed by atoms with Gasteiger partial charge < -0.3 is 10.2 Å². The standard InChI is InChI=1S/C13H16FN5/c1-9-2-3-10(14)8-11(9)12-16-13(18-17-12)19-6-4-15-5-7-19/h2-3,8,15H,4-7H2,1H3,(H,16,17,18). The maximum Gasteiger partial charge on any atom is 0.245 e. The molecule has 2 N–H and O–H groups in total. The van der Waals surface area contributed by atoms with E-state index in [0.29, 0.717) is 11.8 Å². The van der Waals surface area contributed by atoms with Gasteiger partial charge in [0.05, 0.1) is 0 Å². The third-order valence-corrected chi connectivity index (χ3v) is 3.33. The highest BCUT2D eigenvalue weighted by molar-refractivity contribution is 5.61. The fraction of sp³-hybridized carbons (Fsp3) is 0.385. The molecular formula is C13H16FN5. The van der Waals surface area contributed by atoms with Gasteiger partial charge in [-0.2, -0.15) is 4.98 Å². The lowest BCUT2D eigenvalue weighted by atomic mass is 10.1. The van der Waals surface area contributed by atoms with Crippen molar-refractivity contribution in [3.8, 4) is 11.4 Å². The molecule has 0 amide bonds. The summed E-state index contributed by atoms with van der Waals surface area (Å²) in [4.78, 5) is 6.59. The van der Waals surface area contributed by atoms with Crippen LogP contribution >= 0.6 is 0 Å². The van der Waals surface area contributed by atoms with E-state index in [1.54, 1.807) is 6.07 Å². The van der Waals surface area contributed by atoms with Crippen LogP contribution in [0.5, 0.6) is 0 Å². The number of hydrogen-bond acceptors (Lipinski definition) is 4. The van der Waals surface area contributed by atoms with E-state index in [-0.39, 0.29) is 5.82 Å². The van der Waals surface area contributed by atoms with Gasteiger partial charge in [-0.1, -0.05) is 6.07 Å². The SMILES string of the molecule is Cc1ccc(F)cc1-c1nc(N2CCNCC2)n[nH]1. The molecule has 0 atom stereocenters. The Labute approximate surface area is 110 Å². The Morgan fingerprint density at radius 2 is 2.05 bits per heavy atom. The molecule has 0 saturated carbocycles. The molecule has 6 heteroatoms. The first-order valence-electron chi connectivity index (χ1n) is 6.38. The maximum atomic E-state index is 13.3. The van der Waals surface area contributed by atoms with Gasteiger partial charge in [0.1, 0.15) is 5.82 Å². The largest absolute Gasteiger partial charge is 0.337 e. The third kappa shape index (κ3) is 2.44. The van der Waals surface area contributed by atoms with Crippen molar-refractivity contribution in [2.75, 3.05) is 31.1 Å². The number of piperazine rings is 1. The predicted octanol–water partition coefficient (Wildman–Crippen LogP) is 1.33. The Morgan fingerprint density at radius 3 is 2.84 bits per heavy atom. The second-order valence-electron chi connectivity index (χ2n) is 4.68. The van der Waals surface area contributed by atoms with Crippen LogP contribution in [-0.2, 0) is 0 Å². The van der Waals surface area contributed by atoms with Gasteiger partial charge in [-0.3, -0.25) is 5.10 Å². The Balaban J connectivity index is 1.89. The molecule has 1 aromatic carbocycles. The molecule has 1 aliphatic rings. The highest BCUT2D eigenvalue weighted by atomic mass is 19.1. The zero-order chi connectivity index (χ0) is 13.2. The van der Waals surface area contributed by atoms with Gasteiger partial charge in [-0.05, 0) is 24.6 Å². The van der Waals surface area contributed by atoms with E-state index in [0.717, 1.165) is 37.3 Å². The number of H-pyrrole nitrogens is 1. The van der Waals surface area contributed by atoms with Crippen LogP contribution in [0.2, 0.25) is 0 Å². The van der Waals surface area contributed by atoms with Crippen LogP contribution in [0.4, 0.5) is 10.3 Å². The summed E-state index contributed by atoms with van der Waals surface area (Å²) in [6.45, 7) is 5.58. The number of hydrogen-bond donors (Lipinski definition) is 2. The van der Waals surface area contributed by atoms with E-state index >= 15 is 0 Å². The second-order valence-corrected chi connectivity index (χ2v) is 4.68. The fourth-order valence-electron chi connectivity index (χ4n) is 2.23. The molecule has 1 saturated heterocycles. The summed E-state index contributed by atoms with van der Waals surface area (Å²) < 4.78 is 13.3. The lowest BCUT2D eigenvalue weighted by Crippen LogP contribution is -2.44. The van der Waals surface area contributed by atoms with Crippen molar-refractivity contribution in [2.45, 2.75) is 6.92 Å². The second kappa shape index (κ2) is 4.97. The topological polar surface area (TPSA) is 56.8 Å². The van der Waals surface area contributed by atoms with Gasteiger partial charge in [0.15, 0.2) is 5.82 Å². The maximum absolute atomic E-state index is 13.3. The van der Waals surface area contributed by atoms with Crippen LogP contribution in [0.3, 0.4) is 0 Å². The van der Waals surface area contributed by atoms with Crippen LogP contribution < -0.4 is 10.2 Å². The molecule has 100 valence electrons. The first-order valence-corrected chi connectivity index (χ1v) is 6.38. The molecule has 5 nitrogen and oxygen atoms in total. The van der Waals surface area contributed by atoms with E-state index < -0.39 is 0 Å². The van der Waals surface area contributed by atoms with Crippen molar-refractivity contribution in [3.63, 3.8) is 0 Å². The highest BCUT2D eigenvalue weighted by Crippen LogP contribution is 2.22. The van der Waals surface area contributed by atoms with E-state index in [2.05, 4.69) is 25.4 Å². The third-order valence-electron chi connectivity index (χ3n) is 3.33. The number of halogens is 1. The first-order chi connectivity index (χ1) is 9.24. The number of nitrogens with one attached hydrogen (secondary N) is 2. The zero-order valence-electron chi connectivity index (χ0n) is 10.8. The van der Waals surface area contributed by atoms with Crippen molar-refractivity contribution in [1.29, 1.82) is 0 Å². The molecule has 19 heavy (non-hydrogen) atoms. The highest BCUT2D eigenvalue weighted by Gasteiger charge is 2.16. The van der Waals surface area contributed by atoms with Crippen LogP contribution in [0.1, 0.15) is 5.56 Å². The lowest BCUT2D eigenvalue weighted by molar-refractivity contribution is 0.580. The van der Waals surface area contributed by atoms with Crippen LogP contribution in [-0.4, -0.2) is 41.4 Å². The molecule has 1 aromatic heterocycles. The quantitative estimate of drug-likeness (QED) is 0.856. The smallest absolute Gasteiger partial charge is 0.245 e. The minimum atomic E-state index is -0.263. The number of aromatic nitrogens is 3. The Hall–Kier alpha value is -1.95. The fourth-order valence-corrected chi connectivity index (χ4v) is 2.23. The van der Waals surface area contributed by atoms with Crippen LogP contribution in [0.25, 0.3) is 11.4 Å². The summed E-state index contributed by atoms with van der Waals surface area (Å²) in [7, 11) is 0. The van der Waals surface area contributed by atoms with E-state index in [9.17, 15) is 4.39 Å². The molecule has 0 aliphatic carbocycles. The molecule has 0 unspecified atom stereocenters. The van der Waals surface area contributed by atoms with Crippen molar-refractivity contribution in [1.82, 2.24) is 20.5 Å². The lowest BCUT2D eigenvalue weighted by Gasteiger charge is -2.25. The van der Waals surface area contributed by atoms with Gasteiger partial charge in [-0.25, -0.2) is 4.39 Å². The molecule has 2 heterocycles. The Morgan fingerprint density at radius 1 is 1.26 bits per heavy atom. The normalized spacial score (nSPS) is 15.8. The summed E-state index contributed by atoms with van der Waals surface area (Å²) in [6.07, 6.45) is 0. The van der Waals surface area contributed by atoms with Gasteiger partial charge in [0.2, 0.25) is 5.95 Å². The number of nitrogens with zero attached hydrogens (tertiary/aromatic N) is 3. The van der Waals surface area contributed by atoms with Crippen LogP contribution in [0.15, 0.2) is 18.2 Å². The molecule has 1 aliphatic heterocycles. The Bertz CT molecular complexity index is 574. The number of aromatic amines is 1. The minimum Gasteiger partial charge on any atom is -0.337 e. The average Bonchev–Trinajstić information content (AvgIpc) is 2.92. The van der Waals surface area contributed by atoms with Crippen molar-refractivity contribution in [3.05, 3.63) is 29.6 Å². The van der Waals surface area contributed by atoms with Gasteiger partial charge in [0.25, 0.3) is 0 Å². The van der Waals surface area contributed by atoms with Gasteiger partial charge in [0, 0.05) is 31.7 Å². The van der Waals surface area contributed by atoms with E-state index in [1.807, 2.05) is 6.92 Å². The summed E-state index contributed by atoms with van der Waals surface area (Å²) >= 11 is 0. The summed E-state index contributed by atoms with van der Waals surface area (Å²) in [5.41, 5.74) is 1.73. The number of aryl methyl sites for hydroxylation is 1. The monoisotopic (exact) mass is 261 g/mol. The summed E-state index contributed by atoms with van der Waals surface area (Å²) in [5, 5.41) is 10.4. The van der Waals surface area contributed by atoms with Crippen molar-refractivity contribution >= 4 is 5.95 Å². The van der Waals surface area contributed by atoms with E-state index in [4.69, 9.17) is 0 Å². The number of benzene rings is 1. The Kier molecular flexibility index (Phi) is 3.16. The minimum absolute atomic E-state index is 0.263. The van der Waals surface area contributed by atoms with E-state index in [1.165, 1.54) is 12.1 Å². The molecule has 2 aromatic rings. The van der Waals surface area contributed by atoms with Gasteiger partial charge in [-0.15, -0.1) is 5.10 Å². The number of anilines is 1. The van der Waals surface area contributed by atoms with Crippen LogP contribution in [0, 0.1) is 12.7 Å². The molecular weight excluding hydrogens is 245 g/mol. The van der Waals surface area contributed by atoms with Gasteiger partial charge >= 0.3 is 0 Å². The summed E-state index contributed by atoms with van der Waals surface area (Å²) in [5.74, 6) is 1.03. The molecule has 0 spiro atoms. The van der Waals surface area contributed by atoms with Crippen molar-refractivity contribution < 1.29 is 4.39 Å². The molecule has 1 fully saturated rings.